The lowest BCUT2D eigenvalue weighted by molar-refractivity contribution is 0.00299. The van der Waals surface area contributed by atoms with Crippen LogP contribution in [0, 0.1) is 6.92 Å². The molecule has 0 bridgehead atoms. The number of phosphoric acid groups is 2. The molecule has 1 heterocycles. The molecule has 1 aliphatic heterocycles. The van der Waals surface area contributed by atoms with Crippen LogP contribution in [0.4, 0.5) is 0 Å². The molecule has 182 valence electrons. The van der Waals surface area contributed by atoms with Crippen LogP contribution in [0.3, 0.4) is 0 Å². The zero-order valence-corrected chi connectivity index (χ0v) is 20.8. The zero-order valence-electron chi connectivity index (χ0n) is 16.5. The largest absolute Gasteiger partial charge is 0.479 e. The van der Waals surface area contributed by atoms with E-state index in [1.807, 2.05) is 0 Å². The van der Waals surface area contributed by atoms with Crippen molar-refractivity contribution in [2.75, 3.05) is 6.61 Å². The first-order valence-corrected chi connectivity index (χ1v) is 15.5. The molecule has 1 saturated heterocycles. The van der Waals surface area contributed by atoms with E-state index in [1.54, 1.807) is 26.9 Å². The second-order valence-electron chi connectivity index (χ2n) is 6.55. The zero-order chi connectivity index (χ0) is 24.4. The first-order chi connectivity index (χ1) is 14.5. The quantitative estimate of drug-likeness (QED) is 0.213. The summed E-state index contributed by atoms with van der Waals surface area (Å²) in [5.74, 6) is 0.00220. The third-order valence-corrected chi connectivity index (χ3v) is 9.55. The van der Waals surface area contributed by atoms with E-state index >= 15 is 0 Å². The van der Waals surface area contributed by atoms with E-state index in [0.29, 0.717) is 0 Å². The molecule has 1 aliphatic rings. The number of hydrogen-bond acceptors (Lipinski definition) is 11. The molecule has 1 fully saturated rings. The Morgan fingerprint density at radius 1 is 1.16 bits per heavy atom. The molecule has 1 aromatic carbocycles. The number of phosphoric ester groups is 1. The Kier molecular flexibility index (Phi) is 9.27. The van der Waals surface area contributed by atoms with E-state index in [9.17, 15) is 27.3 Å². The first-order valence-electron chi connectivity index (χ1n) is 8.58. The summed E-state index contributed by atoms with van der Waals surface area (Å²) in [6.45, 7) is -3.83. The number of hydrogen-bond donors (Lipinski definition) is 4. The van der Waals surface area contributed by atoms with Crippen molar-refractivity contribution in [2.24, 2.45) is 0 Å². The number of ether oxygens (including phenoxy) is 1. The highest BCUT2D eigenvalue weighted by Crippen LogP contribution is 2.66. The lowest BCUT2D eigenvalue weighted by atomic mass is 9.96. The molecule has 0 radical (unpaired) electrons. The minimum atomic E-state index is -5.33. The SMILES string of the molecule is BC1CC(OS(=O)(=O)Oc2ccc(C)cc2)C(COP(=O)(O)OP(O)(=S)OP(=O)(O)O)O1. The van der Waals surface area contributed by atoms with E-state index in [0.717, 1.165) is 5.56 Å². The standard InChI is InChI=1S/C12H20BO14P3S2/c1-8-2-4-9(5-3-8)24-32(20,21)25-10-6-12(13)23-11(10)7-22-29(17,18)27-30(19,31)26-28(14,15)16/h2-5,10-12H,6-7,13H2,1H3,(H,17,18)(H,19,31)(H2,14,15,16). The predicted octanol–water partition coefficient (Wildman–Crippen LogP) is 0.212. The van der Waals surface area contributed by atoms with Crippen LogP contribution in [0.2, 0.25) is 0 Å². The van der Waals surface area contributed by atoms with Gasteiger partial charge < -0.3 is 28.5 Å². The minimum Gasteiger partial charge on any atom is -0.379 e. The van der Waals surface area contributed by atoms with Gasteiger partial charge >= 0.3 is 32.8 Å². The molecule has 32 heavy (non-hydrogen) atoms. The van der Waals surface area contributed by atoms with E-state index in [1.165, 1.54) is 12.1 Å². The van der Waals surface area contributed by atoms with Gasteiger partial charge in [0, 0.05) is 6.00 Å². The maximum atomic E-state index is 12.2. The van der Waals surface area contributed by atoms with Gasteiger partial charge in [0.25, 0.3) is 0 Å². The average Bonchev–Trinajstić information content (AvgIpc) is 2.90. The molecule has 0 amide bonds. The molecule has 1 aromatic rings. The molecule has 0 aliphatic carbocycles. The Labute approximate surface area is 189 Å². The molecule has 14 nitrogen and oxygen atoms in total. The average molecular weight is 556 g/mol. The summed E-state index contributed by atoms with van der Waals surface area (Å²) in [5, 5.41) is 0. The molecular formula is C12H20BO14P3S2. The Bertz CT molecular complexity index is 1040. The molecular weight excluding hydrogens is 536 g/mol. The summed E-state index contributed by atoms with van der Waals surface area (Å²) in [6.07, 6.45) is -2.31. The van der Waals surface area contributed by atoms with E-state index in [-0.39, 0.29) is 12.2 Å². The Balaban J connectivity index is 1.99. The van der Waals surface area contributed by atoms with Crippen molar-refractivity contribution < 1.29 is 63.4 Å². The fraction of sp³-hybridized carbons (Fsp3) is 0.500. The van der Waals surface area contributed by atoms with Gasteiger partial charge in [-0.25, -0.2) is 21.9 Å². The number of benzene rings is 1. The predicted molar refractivity (Wildman–Crippen MR) is 114 cm³/mol. The fourth-order valence-corrected chi connectivity index (χ4v) is 7.98. The molecule has 0 spiro atoms. The van der Waals surface area contributed by atoms with Gasteiger partial charge in [0.05, 0.1) is 6.61 Å². The summed E-state index contributed by atoms with van der Waals surface area (Å²) < 4.78 is 74.9. The second-order valence-corrected chi connectivity index (χ2v) is 13.5. The maximum absolute atomic E-state index is 12.2. The summed E-state index contributed by atoms with van der Waals surface area (Å²) >= 11 is 4.24. The summed E-state index contributed by atoms with van der Waals surface area (Å²) in [6, 6.07) is 5.56. The van der Waals surface area contributed by atoms with Gasteiger partial charge in [-0.3, -0.25) is 4.52 Å². The molecule has 0 aromatic heterocycles. The van der Waals surface area contributed by atoms with Gasteiger partial charge in [-0.05, 0) is 37.3 Å². The van der Waals surface area contributed by atoms with Crippen molar-refractivity contribution in [1.82, 2.24) is 0 Å². The van der Waals surface area contributed by atoms with Crippen molar-refractivity contribution in [3.8, 4) is 5.75 Å². The van der Waals surface area contributed by atoms with Gasteiger partial charge in [0.15, 0.2) is 0 Å². The summed E-state index contributed by atoms with van der Waals surface area (Å²) in [7, 11) is -13.5. The summed E-state index contributed by atoms with van der Waals surface area (Å²) in [4.78, 5) is 36.4. The third kappa shape index (κ3) is 9.96. The fourth-order valence-electron chi connectivity index (χ4n) is 2.52. The smallest absolute Gasteiger partial charge is 0.379 e. The van der Waals surface area contributed by atoms with Crippen LogP contribution in [0.1, 0.15) is 12.0 Å². The van der Waals surface area contributed by atoms with Gasteiger partial charge in [0.1, 0.15) is 25.8 Å². The molecule has 5 atom stereocenters. The second kappa shape index (κ2) is 10.6. The minimum absolute atomic E-state index is 0.00220. The van der Waals surface area contributed by atoms with Crippen molar-refractivity contribution in [3.63, 3.8) is 0 Å². The molecule has 2 rings (SSSR count). The van der Waals surface area contributed by atoms with Crippen molar-refractivity contribution in [1.29, 1.82) is 0 Å². The van der Waals surface area contributed by atoms with E-state index in [2.05, 4.69) is 25.0 Å². The number of aryl methyl sites for hydroxylation is 1. The van der Waals surface area contributed by atoms with Crippen LogP contribution in [0.15, 0.2) is 24.3 Å². The molecule has 0 saturated carbocycles. The maximum Gasteiger partial charge on any atom is 0.479 e. The van der Waals surface area contributed by atoms with Crippen LogP contribution in [0.25, 0.3) is 0 Å². The first kappa shape index (κ1) is 28.0. The van der Waals surface area contributed by atoms with Crippen LogP contribution in [-0.2, 0) is 53.4 Å². The normalized spacial score (nSPS) is 25.7. The van der Waals surface area contributed by atoms with Crippen molar-refractivity contribution in [3.05, 3.63) is 29.8 Å². The van der Waals surface area contributed by atoms with Crippen LogP contribution in [0.5, 0.6) is 5.75 Å². The van der Waals surface area contributed by atoms with Gasteiger partial charge in [0.2, 0.25) is 0 Å². The highest BCUT2D eigenvalue weighted by atomic mass is 32.5. The summed E-state index contributed by atoms with van der Waals surface area (Å²) in [5.41, 5.74) is 0.876. The van der Waals surface area contributed by atoms with Gasteiger partial charge in [-0.15, -0.1) is 0 Å². The Morgan fingerprint density at radius 3 is 2.31 bits per heavy atom. The monoisotopic (exact) mass is 556 g/mol. The van der Waals surface area contributed by atoms with Gasteiger partial charge in [-0.2, -0.15) is 8.42 Å². The van der Waals surface area contributed by atoms with E-state index in [4.69, 9.17) is 22.9 Å². The lowest BCUT2D eigenvalue weighted by Crippen LogP contribution is -2.32. The van der Waals surface area contributed by atoms with Crippen LogP contribution < -0.4 is 4.18 Å². The topological polar surface area (TPSA) is 205 Å². The van der Waals surface area contributed by atoms with Gasteiger partial charge in [-0.1, -0.05) is 17.7 Å². The van der Waals surface area contributed by atoms with Crippen molar-refractivity contribution in [2.45, 2.75) is 31.6 Å². The molecule has 5 unspecified atom stereocenters. The van der Waals surface area contributed by atoms with Crippen LogP contribution >= 0.6 is 22.4 Å². The Morgan fingerprint density at radius 2 is 1.75 bits per heavy atom. The van der Waals surface area contributed by atoms with Crippen molar-refractivity contribution >= 4 is 52.4 Å². The van der Waals surface area contributed by atoms with E-state index < -0.39 is 57.6 Å². The third-order valence-electron chi connectivity index (χ3n) is 3.66. The highest BCUT2D eigenvalue weighted by Gasteiger charge is 2.41. The Hall–Kier alpha value is -0.215. The molecule has 4 N–H and O–H groups in total. The molecule has 20 heteroatoms. The highest BCUT2D eigenvalue weighted by molar-refractivity contribution is 8.09. The number of rotatable bonds is 11. The lowest BCUT2D eigenvalue weighted by Gasteiger charge is -2.22. The van der Waals surface area contributed by atoms with Crippen LogP contribution in [-0.4, -0.2) is 60.7 Å².